The number of carbonyl (C=O) groups excluding carboxylic acids is 2. The van der Waals surface area contributed by atoms with Crippen molar-refractivity contribution in [3.63, 3.8) is 0 Å². The van der Waals surface area contributed by atoms with Crippen LogP contribution in [-0.2, 0) is 14.9 Å². The normalized spacial score (nSPS) is 32.0. The van der Waals surface area contributed by atoms with Gasteiger partial charge in [0.05, 0.1) is 19.8 Å². The van der Waals surface area contributed by atoms with E-state index in [-0.39, 0.29) is 11.3 Å². The molecule has 4 saturated carbocycles. The monoisotopic (exact) mass is 371 g/mol. The summed E-state index contributed by atoms with van der Waals surface area (Å²) in [6.45, 7) is 1.62. The maximum absolute atomic E-state index is 12.8. The number of hydrogen-bond donors (Lipinski definition) is 1. The van der Waals surface area contributed by atoms with Crippen LogP contribution < -0.4 is 10.1 Å². The zero-order chi connectivity index (χ0) is 19.2. The van der Waals surface area contributed by atoms with Crippen molar-refractivity contribution in [2.24, 2.45) is 17.8 Å². The molecule has 1 atom stereocenters. The van der Waals surface area contributed by atoms with E-state index < -0.39 is 12.0 Å². The number of rotatable bonds is 5. The predicted octanol–water partition coefficient (Wildman–Crippen LogP) is 3.45. The standard InChI is InChI=1S/C22H29NO4/c1-13(21(25)27-3)23-20(24)18-9-17(4-5-19(18)26-2)22-10-14-6-15(11-22)8-16(7-14)12-22/h4-5,9,13-16H,6-8,10-12H2,1-3H3,(H,23,24)/t13-,14?,15?,16?,22?/m1/s1. The number of methoxy groups -OCH3 is 2. The Morgan fingerprint density at radius 1 is 1.07 bits per heavy atom. The number of nitrogens with one attached hydrogen (secondary N) is 1. The van der Waals surface area contributed by atoms with Gasteiger partial charge in [0.25, 0.3) is 5.91 Å². The largest absolute Gasteiger partial charge is 0.496 e. The fourth-order valence-electron chi connectivity index (χ4n) is 6.19. The van der Waals surface area contributed by atoms with Crippen molar-refractivity contribution in [1.82, 2.24) is 5.32 Å². The van der Waals surface area contributed by atoms with Gasteiger partial charge in [0.15, 0.2) is 0 Å². The third kappa shape index (κ3) is 3.21. The van der Waals surface area contributed by atoms with Gasteiger partial charge in [-0.25, -0.2) is 4.79 Å². The van der Waals surface area contributed by atoms with Crippen molar-refractivity contribution >= 4 is 11.9 Å². The second-order valence-electron chi connectivity index (χ2n) is 8.83. The lowest BCUT2D eigenvalue weighted by atomic mass is 9.48. The Morgan fingerprint density at radius 3 is 2.19 bits per heavy atom. The minimum Gasteiger partial charge on any atom is -0.496 e. The minimum absolute atomic E-state index is 0.212. The van der Waals surface area contributed by atoms with E-state index in [1.165, 1.54) is 51.2 Å². The van der Waals surface area contributed by atoms with Gasteiger partial charge in [-0.2, -0.15) is 0 Å². The third-order valence-electron chi connectivity index (χ3n) is 7.00. The number of benzene rings is 1. The Labute approximate surface area is 160 Å². The van der Waals surface area contributed by atoms with Crippen LogP contribution in [0.3, 0.4) is 0 Å². The van der Waals surface area contributed by atoms with Crippen molar-refractivity contribution in [1.29, 1.82) is 0 Å². The van der Waals surface area contributed by atoms with Gasteiger partial charge in [-0.15, -0.1) is 0 Å². The lowest BCUT2D eigenvalue weighted by molar-refractivity contribution is -0.142. The van der Waals surface area contributed by atoms with E-state index >= 15 is 0 Å². The summed E-state index contributed by atoms with van der Waals surface area (Å²) in [5.74, 6) is 2.31. The Morgan fingerprint density at radius 2 is 1.67 bits per heavy atom. The molecule has 5 heteroatoms. The zero-order valence-corrected chi connectivity index (χ0v) is 16.4. The van der Waals surface area contributed by atoms with Gasteiger partial charge in [-0.05, 0) is 86.3 Å². The van der Waals surface area contributed by atoms with Crippen LogP contribution in [-0.4, -0.2) is 32.1 Å². The highest BCUT2D eigenvalue weighted by Gasteiger charge is 2.51. The van der Waals surface area contributed by atoms with Crippen LogP contribution in [0.4, 0.5) is 0 Å². The van der Waals surface area contributed by atoms with E-state index in [2.05, 4.69) is 11.4 Å². The van der Waals surface area contributed by atoms with Crippen LogP contribution in [0.15, 0.2) is 18.2 Å². The van der Waals surface area contributed by atoms with Crippen molar-refractivity contribution in [3.8, 4) is 5.75 Å². The van der Waals surface area contributed by atoms with Gasteiger partial charge in [0, 0.05) is 0 Å². The molecule has 1 amide bonds. The molecule has 5 rings (SSSR count). The van der Waals surface area contributed by atoms with E-state index in [0.717, 1.165) is 17.8 Å². The molecule has 27 heavy (non-hydrogen) atoms. The molecule has 0 aromatic heterocycles. The van der Waals surface area contributed by atoms with Crippen LogP contribution in [0.5, 0.6) is 5.75 Å². The first kappa shape index (κ1) is 18.3. The van der Waals surface area contributed by atoms with Gasteiger partial charge in [0.2, 0.25) is 0 Å². The fourth-order valence-corrected chi connectivity index (χ4v) is 6.19. The highest BCUT2D eigenvalue weighted by molar-refractivity contribution is 5.99. The number of carbonyl (C=O) groups is 2. The Balaban J connectivity index is 1.63. The second-order valence-corrected chi connectivity index (χ2v) is 8.83. The second kappa shape index (κ2) is 6.84. The lowest BCUT2D eigenvalue weighted by Crippen LogP contribution is -2.48. The Kier molecular flexibility index (Phi) is 4.65. The SMILES string of the molecule is COC(=O)[C@@H](C)NC(=O)c1cc(C23CC4CC(CC(C4)C2)C3)ccc1OC. The van der Waals surface area contributed by atoms with Crippen molar-refractivity contribution < 1.29 is 19.1 Å². The fraction of sp³-hybridized carbons (Fsp3) is 0.636. The molecule has 0 unspecified atom stereocenters. The molecule has 5 nitrogen and oxygen atoms in total. The van der Waals surface area contributed by atoms with Gasteiger partial charge >= 0.3 is 5.97 Å². The van der Waals surface area contributed by atoms with E-state index in [1.807, 2.05) is 12.1 Å². The number of amides is 1. The summed E-state index contributed by atoms with van der Waals surface area (Å²) < 4.78 is 10.1. The Hall–Kier alpha value is -2.04. The summed E-state index contributed by atoms with van der Waals surface area (Å²) in [7, 11) is 2.89. The van der Waals surface area contributed by atoms with Crippen LogP contribution in [0, 0.1) is 17.8 Å². The summed E-state index contributed by atoms with van der Waals surface area (Å²) in [5.41, 5.74) is 1.98. The molecular formula is C22H29NO4. The zero-order valence-electron chi connectivity index (χ0n) is 16.4. The molecule has 1 N–H and O–H groups in total. The summed E-state index contributed by atoms with van der Waals surface area (Å²) >= 11 is 0. The lowest BCUT2D eigenvalue weighted by Gasteiger charge is -2.57. The van der Waals surface area contributed by atoms with Crippen molar-refractivity contribution in [2.75, 3.05) is 14.2 Å². The highest BCUT2D eigenvalue weighted by Crippen LogP contribution is 2.60. The number of ether oxygens (including phenoxy) is 2. The molecule has 0 spiro atoms. The molecule has 0 aliphatic heterocycles. The van der Waals surface area contributed by atoms with E-state index in [1.54, 1.807) is 14.0 Å². The van der Waals surface area contributed by atoms with Gasteiger partial charge in [0.1, 0.15) is 11.8 Å². The molecule has 4 bridgehead atoms. The van der Waals surface area contributed by atoms with E-state index in [4.69, 9.17) is 9.47 Å². The average molecular weight is 371 g/mol. The molecule has 0 saturated heterocycles. The topological polar surface area (TPSA) is 64.6 Å². The van der Waals surface area contributed by atoms with Crippen LogP contribution in [0.25, 0.3) is 0 Å². The van der Waals surface area contributed by atoms with Crippen molar-refractivity contribution in [3.05, 3.63) is 29.3 Å². The predicted molar refractivity (Wildman–Crippen MR) is 102 cm³/mol. The van der Waals surface area contributed by atoms with Gasteiger partial charge in [-0.3, -0.25) is 4.79 Å². The minimum atomic E-state index is -0.699. The highest BCUT2D eigenvalue weighted by atomic mass is 16.5. The van der Waals surface area contributed by atoms with Crippen LogP contribution in [0.2, 0.25) is 0 Å². The molecule has 4 aliphatic rings. The molecule has 0 heterocycles. The molecule has 0 radical (unpaired) electrons. The molecule has 4 fully saturated rings. The number of hydrogen-bond acceptors (Lipinski definition) is 4. The summed E-state index contributed by atoms with van der Waals surface area (Å²) in [4.78, 5) is 24.5. The van der Waals surface area contributed by atoms with Crippen molar-refractivity contribution in [2.45, 2.75) is 56.9 Å². The first-order chi connectivity index (χ1) is 12.9. The molecule has 1 aromatic carbocycles. The Bertz CT molecular complexity index is 721. The van der Waals surface area contributed by atoms with E-state index in [9.17, 15) is 9.59 Å². The first-order valence-electron chi connectivity index (χ1n) is 10.0. The summed E-state index contributed by atoms with van der Waals surface area (Å²) in [5, 5.41) is 2.73. The maximum atomic E-state index is 12.8. The number of esters is 1. The smallest absolute Gasteiger partial charge is 0.328 e. The maximum Gasteiger partial charge on any atom is 0.328 e. The van der Waals surface area contributed by atoms with E-state index in [0.29, 0.717) is 11.3 Å². The molecule has 1 aromatic rings. The van der Waals surface area contributed by atoms with Gasteiger partial charge < -0.3 is 14.8 Å². The molecule has 4 aliphatic carbocycles. The molecule has 146 valence electrons. The van der Waals surface area contributed by atoms with Crippen LogP contribution >= 0.6 is 0 Å². The van der Waals surface area contributed by atoms with Crippen LogP contribution in [0.1, 0.15) is 61.4 Å². The molecular weight excluding hydrogens is 342 g/mol. The third-order valence-corrected chi connectivity index (χ3v) is 7.00. The van der Waals surface area contributed by atoms with Gasteiger partial charge in [-0.1, -0.05) is 6.07 Å². The average Bonchev–Trinajstić information content (AvgIpc) is 2.65. The first-order valence-corrected chi connectivity index (χ1v) is 10.0. The summed E-state index contributed by atoms with van der Waals surface area (Å²) in [6.07, 6.45) is 7.89. The summed E-state index contributed by atoms with van der Waals surface area (Å²) in [6, 6.07) is 5.36. The quantitative estimate of drug-likeness (QED) is 0.805.